The third kappa shape index (κ3) is 3.06. The van der Waals surface area contributed by atoms with E-state index in [1.165, 1.54) is 12.8 Å². The molecule has 3 nitrogen and oxygen atoms in total. The van der Waals surface area contributed by atoms with Crippen molar-refractivity contribution in [2.75, 3.05) is 6.54 Å². The molecule has 0 aromatic carbocycles. The van der Waals surface area contributed by atoms with Gasteiger partial charge in [0.05, 0.1) is 5.56 Å². The Hall–Kier alpha value is -0.900. The van der Waals surface area contributed by atoms with E-state index >= 15 is 0 Å². The highest BCUT2D eigenvalue weighted by molar-refractivity contribution is 9.10. The number of carbonyl (C=O) groups is 1. The highest BCUT2D eigenvalue weighted by Crippen LogP contribution is 2.44. The molecular weight excluding hydrogens is 280 g/mol. The van der Waals surface area contributed by atoms with Gasteiger partial charge in [0.15, 0.2) is 0 Å². The van der Waals surface area contributed by atoms with Gasteiger partial charge in [-0.25, -0.2) is 4.98 Å². The molecule has 0 bridgehead atoms. The van der Waals surface area contributed by atoms with E-state index < -0.39 is 0 Å². The van der Waals surface area contributed by atoms with E-state index in [1.807, 2.05) is 0 Å². The maximum atomic E-state index is 11.9. The molecule has 92 valence electrons. The summed E-state index contributed by atoms with van der Waals surface area (Å²) in [5, 5.41) is 2.99. The molecule has 1 amide bonds. The molecule has 0 atom stereocenters. The molecule has 1 aromatic heterocycles. The van der Waals surface area contributed by atoms with Crippen molar-refractivity contribution >= 4 is 21.8 Å². The topological polar surface area (TPSA) is 42.0 Å². The molecule has 1 fully saturated rings. The Balaban J connectivity index is 1.87. The Morgan fingerprint density at radius 3 is 2.82 bits per heavy atom. The monoisotopic (exact) mass is 296 g/mol. The van der Waals surface area contributed by atoms with E-state index in [9.17, 15) is 4.79 Å². The van der Waals surface area contributed by atoms with Crippen LogP contribution in [-0.2, 0) is 0 Å². The van der Waals surface area contributed by atoms with E-state index in [-0.39, 0.29) is 11.3 Å². The zero-order chi connectivity index (χ0) is 12.5. The van der Waals surface area contributed by atoms with Crippen molar-refractivity contribution in [1.82, 2.24) is 10.3 Å². The number of halogens is 1. The highest BCUT2D eigenvalue weighted by Gasteiger charge is 2.37. The van der Waals surface area contributed by atoms with Crippen molar-refractivity contribution in [3.8, 4) is 0 Å². The molecule has 1 aliphatic rings. The normalized spacial score (nSPS) is 27.4. The number of carbonyl (C=O) groups excluding carboxylic acids is 1. The first-order valence-electron chi connectivity index (χ1n) is 5.88. The van der Waals surface area contributed by atoms with E-state index in [1.54, 1.807) is 18.3 Å². The quantitative estimate of drug-likeness (QED) is 0.871. The Morgan fingerprint density at radius 1 is 1.59 bits per heavy atom. The molecule has 1 saturated carbocycles. The van der Waals surface area contributed by atoms with Gasteiger partial charge in [0.2, 0.25) is 0 Å². The summed E-state index contributed by atoms with van der Waals surface area (Å²) >= 11 is 3.25. The number of hydrogen-bond donors (Lipinski definition) is 1. The fourth-order valence-electron chi connectivity index (χ4n) is 2.67. The number of nitrogens with one attached hydrogen (secondary N) is 1. The van der Waals surface area contributed by atoms with Gasteiger partial charge in [-0.15, -0.1) is 0 Å². The predicted molar refractivity (Wildman–Crippen MR) is 70.8 cm³/mol. The minimum absolute atomic E-state index is 0.0363. The summed E-state index contributed by atoms with van der Waals surface area (Å²) in [5.41, 5.74) is 0.905. The number of hydrogen-bond acceptors (Lipinski definition) is 2. The molecule has 0 spiro atoms. The molecule has 2 rings (SSSR count). The molecule has 0 saturated heterocycles. The summed E-state index contributed by atoms with van der Waals surface area (Å²) in [6.45, 7) is 5.24. The third-order valence-electron chi connectivity index (χ3n) is 3.35. The maximum Gasteiger partial charge on any atom is 0.252 e. The van der Waals surface area contributed by atoms with Crippen molar-refractivity contribution in [3.63, 3.8) is 0 Å². The minimum atomic E-state index is -0.0363. The molecule has 1 heterocycles. The highest BCUT2D eigenvalue weighted by atomic mass is 79.9. The van der Waals surface area contributed by atoms with Gasteiger partial charge in [-0.3, -0.25) is 4.79 Å². The summed E-state index contributed by atoms with van der Waals surface area (Å²) in [5.74, 6) is 0.761. The second-order valence-electron chi connectivity index (χ2n) is 5.38. The molecule has 1 N–H and O–H groups in total. The zero-order valence-corrected chi connectivity index (χ0v) is 11.8. The lowest BCUT2D eigenvalue weighted by molar-refractivity contribution is 0.0734. The fourth-order valence-corrected chi connectivity index (χ4v) is 2.91. The van der Waals surface area contributed by atoms with Crippen LogP contribution in [0.2, 0.25) is 0 Å². The van der Waals surface area contributed by atoms with Crippen LogP contribution < -0.4 is 5.32 Å². The van der Waals surface area contributed by atoms with E-state index in [0.29, 0.717) is 5.56 Å². The van der Waals surface area contributed by atoms with Gasteiger partial charge in [0.25, 0.3) is 5.91 Å². The molecule has 1 aliphatic carbocycles. The SMILES string of the molecule is CC1CC(C)(CNC(=O)c2ccc(Br)nc2)C1. The first-order chi connectivity index (χ1) is 7.98. The van der Waals surface area contributed by atoms with E-state index in [2.05, 4.69) is 40.1 Å². The second kappa shape index (κ2) is 4.77. The first kappa shape index (κ1) is 12.6. The van der Waals surface area contributed by atoms with Crippen LogP contribution in [0, 0.1) is 11.3 Å². The summed E-state index contributed by atoms with van der Waals surface area (Å²) in [6.07, 6.45) is 3.99. The third-order valence-corrected chi connectivity index (χ3v) is 3.82. The summed E-state index contributed by atoms with van der Waals surface area (Å²) < 4.78 is 0.744. The second-order valence-corrected chi connectivity index (χ2v) is 6.19. The van der Waals surface area contributed by atoms with Crippen LogP contribution in [0.5, 0.6) is 0 Å². The number of pyridine rings is 1. The Bertz CT molecular complexity index is 410. The average Bonchev–Trinajstić information content (AvgIpc) is 2.25. The first-order valence-corrected chi connectivity index (χ1v) is 6.68. The summed E-state index contributed by atoms with van der Waals surface area (Å²) in [6, 6.07) is 3.56. The van der Waals surface area contributed by atoms with Gasteiger partial charge in [-0.2, -0.15) is 0 Å². The van der Waals surface area contributed by atoms with Crippen molar-refractivity contribution < 1.29 is 4.79 Å². The molecule has 17 heavy (non-hydrogen) atoms. The number of rotatable bonds is 3. The van der Waals surface area contributed by atoms with Gasteiger partial charge in [0, 0.05) is 12.7 Å². The maximum absolute atomic E-state index is 11.9. The van der Waals surface area contributed by atoms with Crippen LogP contribution in [0.15, 0.2) is 22.9 Å². The Morgan fingerprint density at radius 2 is 2.29 bits per heavy atom. The largest absolute Gasteiger partial charge is 0.351 e. The Labute approximate surface area is 110 Å². The average molecular weight is 297 g/mol. The van der Waals surface area contributed by atoms with Gasteiger partial charge >= 0.3 is 0 Å². The Kier molecular flexibility index (Phi) is 3.52. The number of amides is 1. The lowest BCUT2D eigenvalue weighted by atomic mass is 9.64. The molecule has 1 aromatic rings. The van der Waals surface area contributed by atoms with Crippen LogP contribution >= 0.6 is 15.9 Å². The smallest absolute Gasteiger partial charge is 0.252 e. The van der Waals surface area contributed by atoms with Crippen molar-refractivity contribution in [1.29, 1.82) is 0 Å². The van der Waals surface area contributed by atoms with Crippen LogP contribution in [0.3, 0.4) is 0 Å². The lowest BCUT2D eigenvalue weighted by Crippen LogP contribution is -2.43. The predicted octanol–water partition coefficient (Wildman–Crippen LogP) is 3.01. The van der Waals surface area contributed by atoms with Crippen LogP contribution in [0.25, 0.3) is 0 Å². The van der Waals surface area contributed by atoms with Gasteiger partial charge in [0.1, 0.15) is 4.60 Å². The van der Waals surface area contributed by atoms with Crippen molar-refractivity contribution in [3.05, 3.63) is 28.5 Å². The van der Waals surface area contributed by atoms with Crippen LogP contribution in [0.1, 0.15) is 37.0 Å². The van der Waals surface area contributed by atoms with Crippen molar-refractivity contribution in [2.24, 2.45) is 11.3 Å². The van der Waals surface area contributed by atoms with Crippen LogP contribution in [0.4, 0.5) is 0 Å². The molecule has 0 radical (unpaired) electrons. The standard InChI is InChI=1S/C13H17BrN2O/c1-9-5-13(2,6-9)8-16-12(17)10-3-4-11(14)15-7-10/h3-4,7,9H,5-6,8H2,1-2H3,(H,16,17). The minimum Gasteiger partial charge on any atom is -0.351 e. The zero-order valence-electron chi connectivity index (χ0n) is 10.2. The fraction of sp³-hybridized carbons (Fsp3) is 0.538. The van der Waals surface area contributed by atoms with Gasteiger partial charge in [-0.05, 0) is 52.2 Å². The molecule has 4 heteroatoms. The van der Waals surface area contributed by atoms with E-state index in [4.69, 9.17) is 0 Å². The molecule has 0 unspecified atom stereocenters. The van der Waals surface area contributed by atoms with Gasteiger partial charge < -0.3 is 5.32 Å². The van der Waals surface area contributed by atoms with Crippen LogP contribution in [-0.4, -0.2) is 17.4 Å². The van der Waals surface area contributed by atoms with E-state index in [0.717, 1.165) is 17.1 Å². The summed E-state index contributed by atoms with van der Waals surface area (Å²) in [7, 11) is 0. The summed E-state index contributed by atoms with van der Waals surface area (Å²) in [4.78, 5) is 15.9. The molecule has 0 aliphatic heterocycles. The van der Waals surface area contributed by atoms with Crippen molar-refractivity contribution in [2.45, 2.75) is 26.7 Å². The lowest BCUT2D eigenvalue weighted by Gasteiger charge is -2.43. The number of aromatic nitrogens is 1. The molecular formula is C13H17BrN2O. The van der Waals surface area contributed by atoms with Gasteiger partial charge in [-0.1, -0.05) is 13.8 Å². The number of nitrogens with zero attached hydrogens (tertiary/aromatic N) is 1.